The Labute approximate surface area is 305 Å². The maximum atomic E-state index is 12.7. The quantitative estimate of drug-likeness (QED) is 0.0498. The summed E-state index contributed by atoms with van der Waals surface area (Å²) in [5, 5.41) is 6.45. The third-order valence-electron chi connectivity index (χ3n) is 9.61. The van der Waals surface area contributed by atoms with E-state index in [0.29, 0.717) is 23.7 Å². The average Bonchev–Trinajstić information content (AvgIpc) is 3.80. The van der Waals surface area contributed by atoms with Gasteiger partial charge < -0.3 is 30.6 Å². The van der Waals surface area contributed by atoms with Crippen molar-refractivity contribution in [2.24, 2.45) is 0 Å². The van der Waals surface area contributed by atoms with Crippen molar-refractivity contribution in [3.8, 4) is 0 Å². The fraction of sp³-hybridized carbons (Fsp3) is 0.778. The molecule has 2 fully saturated rings. The zero-order chi connectivity index (χ0) is 36.3. The van der Waals surface area contributed by atoms with E-state index in [0.717, 1.165) is 82.8 Å². The number of unbranched alkanes of at least 4 members (excludes halogenated alkanes) is 11. The van der Waals surface area contributed by atoms with Gasteiger partial charge in [-0.15, -0.1) is 0 Å². The molecule has 2 aromatic rings. The van der Waals surface area contributed by atoms with Crippen LogP contribution < -0.4 is 21.9 Å². The molecule has 2 aliphatic heterocycles. The number of esters is 2. The van der Waals surface area contributed by atoms with E-state index in [1.807, 2.05) is 11.8 Å². The zero-order valence-corrected chi connectivity index (χ0v) is 31.2. The van der Waals surface area contributed by atoms with E-state index in [9.17, 15) is 19.2 Å². The predicted octanol–water partition coefficient (Wildman–Crippen LogP) is 5.73. The number of hydrogen-bond acceptors (Lipinski definition) is 11. The molecule has 2 amide bonds. The van der Waals surface area contributed by atoms with Gasteiger partial charge in [0.1, 0.15) is 19.4 Å². The molecule has 0 aliphatic carbocycles. The number of anilines is 1. The van der Waals surface area contributed by atoms with E-state index in [4.69, 9.17) is 19.9 Å². The molecule has 0 aromatic carbocycles. The molecule has 0 saturated carbocycles. The van der Waals surface area contributed by atoms with Gasteiger partial charge in [-0.05, 0) is 44.9 Å². The van der Waals surface area contributed by atoms with Gasteiger partial charge in [-0.1, -0.05) is 71.1 Å². The lowest BCUT2D eigenvalue weighted by Gasteiger charge is -2.19. The van der Waals surface area contributed by atoms with E-state index >= 15 is 0 Å². The summed E-state index contributed by atoms with van der Waals surface area (Å²) in [6, 6.07) is 0.406. The minimum atomic E-state index is -0.407. The highest BCUT2D eigenvalue weighted by Crippen LogP contribution is 2.33. The molecular formula is C36H59N7O7S. The Morgan fingerprint density at radius 3 is 2.37 bits per heavy atom. The van der Waals surface area contributed by atoms with Gasteiger partial charge in [0.15, 0.2) is 11.2 Å². The first-order valence-corrected chi connectivity index (χ1v) is 20.2. The Balaban J connectivity index is 0.964. The Morgan fingerprint density at radius 1 is 0.922 bits per heavy atom. The van der Waals surface area contributed by atoms with Gasteiger partial charge in [0, 0.05) is 23.8 Å². The molecule has 2 aliphatic rings. The minimum absolute atomic E-state index is 0.00752. The molecule has 4 rings (SSSR count). The Kier molecular flexibility index (Phi) is 17.9. The number of carbonyl (C=O) groups is 3. The SMILES string of the molecule is CCCCCCC(CCCCCCCCCCC(=O)OCCOCn1cnc2c(=O)[nH]c(N)nc21)OC(=O)CCCC[C@@H]1SC[C@@H]2NC(=O)N[C@@H]21. The zero-order valence-electron chi connectivity index (χ0n) is 30.3. The van der Waals surface area contributed by atoms with Gasteiger partial charge in [-0.3, -0.25) is 23.9 Å². The number of aromatic nitrogens is 4. The molecule has 51 heavy (non-hydrogen) atoms. The Hall–Kier alpha value is -3.33. The highest BCUT2D eigenvalue weighted by molar-refractivity contribution is 8.00. The molecule has 2 aromatic heterocycles. The molecule has 286 valence electrons. The Morgan fingerprint density at radius 2 is 1.61 bits per heavy atom. The number of urea groups is 1. The third kappa shape index (κ3) is 14.3. The highest BCUT2D eigenvalue weighted by atomic mass is 32.2. The fourth-order valence-electron chi connectivity index (χ4n) is 6.78. The Bertz CT molecular complexity index is 1420. The van der Waals surface area contributed by atoms with Crippen LogP contribution in [0.2, 0.25) is 0 Å². The number of rotatable bonds is 27. The van der Waals surface area contributed by atoms with Crippen molar-refractivity contribution >= 4 is 46.8 Å². The van der Waals surface area contributed by atoms with Crippen LogP contribution in [0.15, 0.2) is 11.1 Å². The number of ether oxygens (including phenoxy) is 3. The summed E-state index contributed by atoms with van der Waals surface area (Å²) in [5.74, 6) is 0.678. The standard InChI is InChI=1S/C36H59N7O7S/c1-2-3-4-11-16-26(50-30(45)20-15-14-18-28-31-27(23-51-28)39-36(47)40-31)17-12-9-7-5-6-8-10-13-19-29(44)49-22-21-48-25-43-24-38-32-33(43)41-35(37)42-34(32)46/h24,26-28,31H,2-23,25H2,1H3,(H2,39,40,47)(H3,37,41,42,46)/t26?,27-,28-,31-/m0/s1. The monoisotopic (exact) mass is 733 g/mol. The summed E-state index contributed by atoms with van der Waals surface area (Å²) in [4.78, 5) is 58.7. The smallest absolute Gasteiger partial charge is 0.315 e. The van der Waals surface area contributed by atoms with Crippen LogP contribution >= 0.6 is 11.8 Å². The van der Waals surface area contributed by atoms with Crippen molar-refractivity contribution in [3.63, 3.8) is 0 Å². The van der Waals surface area contributed by atoms with Crippen LogP contribution in [-0.2, 0) is 30.5 Å². The van der Waals surface area contributed by atoms with E-state index in [1.54, 1.807) is 4.57 Å². The van der Waals surface area contributed by atoms with E-state index in [-0.39, 0.29) is 67.6 Å². The lowest BCUT2D eigenvalue weighted by molar-refractivity contribution is -0.150. The number of H-pyrrole nitrogens is 1. The van der Waals surface area contributed by atoms with Gasteiger partial charge in [-0.2, -0.15) is 16.7 Å². The summed E-state index contributed by atoms with van der Waals surface area (Å²) in [5.41, 5.74) is 5.72. The second-order valence-electron chi connectivity index (χ2n) is 13.8. The summed E-state index contributed by atoms with van der Waals surface area (Å²) in [6.45, 7) is 2.69. The summed E-state index contributed by atoms with van der Waals surface area (Å²) >= 11 is 1.92. The van der Waals surface area contributed by atoms with Gasteiger partial charge >= 0.3 is 18.0 Å². The molecule has 0 bridgehead atoms. The van der Waals surface area contributed by atoms with Gasteiger partial charge in [0.05, 0.1) is 25.0 Å². The predicted molar refractivity (Wildman–Crippen MR) is 198 cm³/mol. The number of hydrogen-bond donors (Lipinski definition) is 4. The summed E-state index contributed by atoms with van der Waals surface area (Å²) in [7, 11) is 0. The number of amides is 2. The van der Waals surface area contributed by atoms with Crippen molar-refractivity contribution < 1.29 is 28.6 Å². The number of carbonyl (C=O) groups excluding carboxylic acids is 3. The molecule has 0 spiro atoms. The molecule has 5 N–H and O–H groups in total. The lowest BCUT2D eigenvalue weighted by Crippen LogP contribution is -2.36. The van der Waals surface area contributed by atoms with Gasteiger partial charge in [0.25, 0.3) is 5.56 Å². The van der Waals surface area contributed by atoms with Crippen LogP contribution in [0.3, 0.4) is 0 Å². The van der Waals surface area contributed by atoms with Crippen molar-refractivity contribution in [1.29, 1.82) is 0 Å². The van der Waals surface area contributed by atoms with Crippen LogP contribution in [0.5, 0.6) is 0 Å². The second kappa shape index (κ2) is 22.6. The molecule has 4 atom stereocenters. The molecular weight excluding hydrogens is 675 g/mol. The molecule has 4 heterocycles. The average molecular weight is 734 g/mol. The third-order valence-corrected chi connectivity index (χ3v) is 11.1. The van der Waals surface area contributed by atoms with Crippen LogP contribution in [0, 0.1) is 0 Å². The van der Waals surface area contributed by atoms with Crippen molar-refractivity contribution in [1.82, 2.24) is 30.2 Å². The molecule has 14 nitrogen and oxygen atoms in total. The number of aromatic amines is 1. The van der Waals surface area contributed by atoms with E-state index in [2.05, 4.69) is 32.5 Å². The van der Waals surface area contributed by atoms with Crippen molar-refractivity contribution in [2.75, 3.05) is 24.7 Å². The van der Waals surface area contributed by atoms with Crippen molar-refractivity contribution in [2.45, 2.75) is 159 Å². The maximum absolute atomic E-state index is 12.7. The number of nitrogens with one attached hydrogen (secondary N) is 3. The first kappa shape index (κ1) is 40.4. The number of imidazole rings is 1. The number of nitrogen functional groups attached to an aromatic ring is 1. The number of thioether (sulfide) groups is 1. The van der Waals surface area contributed by atoms with Crippen LogP contribution in [-0.4, -0.2) is 79.9 Å². The largest absolute Gasteiger partial charge is 0.463 e. The maximum Gasteiger partial charge on any atom is 0.315 e. The molecule has 2 saturated heterocycles. The molecule has 1 unspecified atom stereocenters. The summed E-state index contributed by atoms with van der Waals surface area (Å²) < 4.78 is 18.4. The van der Waals surface area contributed by atoms with Gasteiger partial charge in [-0.25, -0.2) is 9.78 Å². The van der Waals surface area contributed by atoms with E-state index in [1.165, 1.54) is 38.4 Å². The van der Waals surface area contributed by atoms with Crippen LogP contribution in [0.25, 0.3) is 11.2 Å². The number of nitrogens with zero attached hydrogens (tertiary/aromatic N) is 3. The van der Waals surface area contributed by atoms with Gasteiger partial charge in [0.2, 0.25) is 5.95 Å². The second-order valence-corrected chi connectivity index (χ2v) is 15.1. The first-order valence-electron chi connectivity index (χ1n) is 19.2. The van der Waals surface area contributed by atoms with Crippen molar-refractivity contribution in [3.05, 3.63) is 16.7 Å². The number of nitrogens with two attached hydrogens (primary N) is 1. The number of fused-ring (bicyclic) bond motifs is 2. The first-order chi connectivity index (χ1) is 24.8. The minimum Gasteiger partial charge on any atom is -0.463 e. The van der Waals surface area contributed by atoms with Crippen LogP contribution in [0.1, 0.15) is 129 Å². The normalized spacial score (nSPS) is 18.8. The van der Waals surface area contributed by atoms with Crippen LogP contribution in [0.4, 0.5) is 10.7 Å². The fourth-order valence-corrected chi connectivity index (χ4v) is 8.32. The lowest BCUT2D eigenvalue weighted by atomic mass is 10.0. The molecule has 15 heteroatoms. The summed E-state index contributed by atoms with van der Waals surface area (Å²) in [6.07, 6.45) is 20.4. The topological polar surface area (TPSA) is 193 Å². The highest BCUT2D eigenvalue weighted by Gasteiger charge is 2.42. The molecule has 0 radical (unpaired) electrons. The van der Waals surface area contributed by atoms with E-state index < -0.39 is 5.56 Å².